The van der Waals surface area contributed by atoms with Crippen molar-refractivity contribution < 1.29 is 18.9 Å². The number of ether oxygens (including phenoxy) is 4. The molecule has 1 aromatic heterocycles. The lowest BCUT2D eigenvalue weighted by Gasteiger charge is -2.39. The molecule has 2 unspecified atom stereocenters. The summed E-state index contributed by atoms with van der Waals surface area (Å²) in [6.45, 7) is 0. The number of hydrogen-bond donors (Lipinski definition) is 1. The molecule has 1 N–H and O–H groups in total. The van der Waals surface area contributed by atoms with Crippen molar-refractivity contribution in [2.45, 2.75) is 12.1 Å². The van der Waals surface area contributed by atoms with E-state index in [1.807, 2.05) is 59.3 Å². The Morgan fingerprint density at radius 1 is 0.800 bits per heavy atom. The van der Waals surface area contributed by atoms with Crippen molar-refractivity contribution in [3.8, 4) is 23.0 Å². The van der Waals surface area contributed by atoms with Gasteiger partial charge in [0.15, 0.2) is 0 Å². The number of nitrogens with zero attached hydrogens (tertiary/aromatic N) is 3. The van der Waals surface area contributed by atoms with Crippen LogP contribution in [0, 0.1) is 0 Å². The van der Waals surface area contributed by atoms with Crippen molar-refractivity contribution in [2.24, 2.45) is 0 Å². The van der Waals surface area contributed by atoms with Crippen LogP contribution in [0.4, 0.5) is 5.95 Å². The first kappa shape index (κ1) is 21.1. The van der Waals surface area contributed by atoms with E-state index >= 15 is 0 Å². The van der Waals surface area contributed by atoms with E-state index in [-0.39, 0.29) is 12.1 Å². The van der Waals surface area contributed by atoms with Gasteiger partial charge in [0, 0.05) is 11.1 Å². The van der Waals surface area contributed by atoms with Crippen molar-refractivity contribution in [3.05, 3.63) is 95.3 Å². The van der Waals surface area contributed by atoms with Crippen molar-refractivity contribution in [1.29, 1.82) is 0 Å². The fourth-order valence-corrected chi connectivity index (χ4v) is 4.74. The highest BCUT2D eigenvalue weighted by molar-refractivity contribution is 5.85. The summed E-state index contributed by atoms with van der Waals surface area (Å²) in [5.41, 5.74) is 4.92. The lowest BCUT2D eigenvalue weighted by molar-refractivity contribution is 0.222. The molecule has 2 aliphatic heterocycles. The first-order valence-corrected chi connectivity index (χ1v) is 11.2. The zero-order valence-corrected chi connectivity index (χ0v) is 19.6. The number of methoxy groups -OCH3 is 3. The number of nitrogens with one attached hydrogen (secondary N) is 1. The lowest BCUT2D eigenvalue weighted by Crippen LogP contribution is -2.32. The zero-order chi connectivity index (χ0) is 23.9. The molecule has 3 heterocycles. The van der Waals surface area contributed by atoms with Crippen molar-refractivity contribution in [1.82, 2.24) is 14.8 Å². The first-order chi connectivity index (χ1) is 17.2. The van der Waals surface area contributed by atoms with Crippen molar-refractivity contribution in [2.75, 3.05) is 26.6 Å². The van der Waals surface area contributed by atoms with Crippen LogP contribution in [0.15, 0.2) is 78.6 Å². The summed E-state index contributed by atoms with van der Waals surface area (Å²) in [4.78, 5) is 4.49. The molecule has 4 aromatic rings. The molecule has 8 heteroatoms. The summed E-state index contributed by atoms with van der Waals surface area (Å²) in [7, 11) is 4.98. The van der Waals surface area contributed by atoms with E-state index in [4.69, 9.17) is 18.9 Å². The highest BCUT2D eigenvalue weighted by atomic mass is 16.5. The normalized spacial score (nSPS) is 17.9. The summed E-state index contributed by atoms with van der Waals surface area (Å²) in [6, 6.07) is 21.6. The predicted molar refractivity (Wildman–Crippen MR) is 131 cm³/mol. The smallest absolute Gasteiger partial charge is 0.226 e. The Morgan fingerprint density at radius 3 is 2.09 bits per heavy atom. The Morgan fingerprint density at radius 2 is 1.43 bits per heavy atom. The van der Waals surface area contributed by atoms with Crippen LogP contribution >= 0.6 is 0 Å². The summed E-state index contributed by atoms with van der Waals surface area (Å²) in [5.74, 6) is 3.75. The molecular weight excluding hydrogens is 444 g/mol. The standard InChI is InChI=1S/C27H24N4O4/c1-32-18-8-4-16(5-9-18)25-23-24(30-27-28-15-29-31(25)27)21-14-20(34-3)12-13-22(21)35-26(23)17-6-10-19(33-2)11-7-17/h4-15,25-26H,1-3H3,(H,28,29,30). The number of hydrogen-bond acceptors (Lipinski definition) is 7. The second-order valence-electron chi connectivity index (χ2n) is 8.29. The second kappa shape index (κ2) is 8.39. The monoisotopic (exact) mass is 468 g/mol. The Labute approximate surface area is 202 Å². The molecule has 0 amide bonds. The van der Waals surface area contributed by atoms with Crippen LogP contribution in [0.5, 0.6) is 23.0 Å². The molecular formula is C27H24N4O4. The maximum atomic E-state index is 6.67. The Hall–Kier alpha value is -4.46. The highest BCUT2D eigenvalue weighted by Crippen LogP contribution is 2.51. The van der Waals surface area contributed by atoms with Gasteiger partial charge in [-0.05, 0) is 53.6 Å². The minimum atomic E-state index is -0.367. The zero-order valence-electron chi connectivity index (χ0n) is 19.6. The quantitative estimate of drug-likeness (QED) is 0.448. The van der Waals surface area contributed by atoms with Gasteiger partial charge in [-0.25, -0.2) is 4.68 Å². The number of benzene rings is 3. The van der Waals surface area contributed by atoms with Gasteiger partial charge in [-0.2, -0.15) is 10.1 Å². The van der Waals surface area contributed by atoms with Crippen LogP contribution < -0.4 is 24.3 Å². The van der Waals surface area contributed by atoms with E-state index in [0.29, 0.717) is 5.95 Å². The largest absolute Gasteiger partial charge is 0.497 e. The van der Waals surface area contributed by atoms with Crippen LogP contribution in [-0.4, -0.2) is 36.1 Å². The lowest BCUT2D eigenvalue weighted by atomic mass is 9.84. The van der Waals surface area contributed by atoms with Gasteiger partial charge in [0.2, 0.25) is 5.95 Å². The molecule has 0 aliphatic carbocycles. The van der Waals surface area contributed by atoms with Crippen LogP contribution in [-0.2, 0) is 0 Å². The summed E-state index contributed by atoms with van der Waals surface area (Å²) >= 11 is 0. The molecule has 0 radical (unpaired) electrons. The van der Waals surface area contributed by atoms with E-state index in [0.717, 1.165) is 51.0 Å². The third kappa shape index (κ3) is 3.45. The molecule has 35 heavy (non-hydrogen) atoms. The Kier molecular flexibility index (Phi) is 5.06. The highest BCUT2D eigenvalue weighted by Gasteiger charge is 2.41. The number of anilines is 1. The molecule has 0 spiro atoms. The van der Waals surface area contributed by atoms with E-state index in [1.54, 1.807) is 27.7 Å². The average Bonchev–Trinajstić information content (AvgIpc) is 3.39. The molecule has 0 bridgehead atoms. The molecule has 0 fully saturated rings. The average molecular weight is 469 g/mol. The van der Waals surface area contributed by atoms with Gasteiger partial charge in [0.1, 0.15) is 41.5 Å². The van der Waals surface area contributed by atoms with Gasteiger partial charge in [-0.1, -0.05) is 24.3 Å². The van der Waals surface area contributed by atoms with Gasteiger partial charge in [0.05, 0.1) is 27.0 Å². The van der Waals surface area contributed by atoms with Gasteiger partial charge in [-0.3, -0.25) is 0 Å². The Bertz CT molecular complexity index is 1410. The van der Waals surface area contributed by atoms with Gasteiger partial charge < -0.3 is 24.3 Å². The second-order valence-corrected chi connectivity index (χ2v) is 8.29. The molecule has 2 atom stereocenters. The minimum absolute atomic E-state index is 0.249. The fraction of sp³-hybridized carbons (Fsp3) is 0.185. The molecule has 0 saturated carbocycles. The third-order valence-electron chi connectivity index (χ3n) is 6.47. The van der Waals surface area contributed by atoms with E-state index in [2.05, 4.69) is 27.5 Å². The summed E-state index contributed by atoms with van der Waals surface area (Å²) in [5, 5.41) is 8.09. The molecule has 0 saturated heterocycles. The number of fused-ring (bicyclic) bond motifs is 3. The maximum absolute atomic E-state index is 6.67. The van der Waals surface area contributed by atoms with E-state index in [9.17, 15) is 0 Å². The predicted octanol–water partition coefficient (Wildman–Crippen LogP) is 4.86. The van der Waals surface area contributed by atoms with Crippen molar-refractivity contribution in [3.63, 3.8) is 0 Å². The fourth-order valence-electron chi connectivity index (χ4n) is 4.74. The molecule has 8 nitrogen and oxygen atoms in total. The third-order valence-corrected chi connectivity index (χ3v) is 6.47. The first-order valence-electron chi connectivity index (χ1n) is 11.2. The van der Waals surface area contributed by atoms with Gasteiger partial charge >= 0.3 is 0 Å². The minimum Gasteiger partial charge on any atom is -0.497 e. The van der Waals surface area contributed by atoms with Crippen molar-refractivity contribution >= 4 is 11.6 Å². The molecule has 176 valence electrons. The number of aromatic nitrogens is 3. The summed E-state index contributed by atoms with van der Waals surface area (Å²) in [6.07, 6.45) is 1.20. The van der Waals surface area contributed by atoms with Gasteiger partial charge in [0.25, 0.3) is 0 Å². The molecule has 2 aliphatic rings. The van der Waals surface area contributed by atoms with Crippen LogP contribution in [0.2, 0.25) is 0 Å². The molecule has 3 aromatic carbocycles. The molecule has 6 rings (SSSR count). The van der Waals surface area contributed by atoms with Crippen LogP contribution in [0.25, 0.3) is 5.70 Å². The van der Waals surface area contributed by atoms with E-state index < -0.39 is 0 Å². The van der Waals surface area contributed by atoms with Crippen LogP contribution in [0.3, 0.4) is 0 Å². The topological polar surface area (TPSA) is 79.7 Å². The summed E-state index contributed by atoms with van der Waals surface area (Å²) < 4.78 is 24.9. The van der Waals surface area contributed by atoms with E-state index in [1.165, 1.54) is 0 Å². The Balaban J connectivity index is 1.59. The maximum Gasteiger partial charge on any atom is 0.226 e. The SMILES string of the molecule is COc1ccc(C2Oc3ccc(OC)cc3C3=C2C(c2ccc(OC)cc2)n2ncnc2N3)cc1. The van der Waals surface area contributed by atoms with Gasteiger partial charge in [-0.15, -0.1) is 0 Å². The number of rotatable bonds is 5. The van der Waals surface area contributed by atoms with Crippen LogP contribution in [0.1, 0.15) is 28.8 Å².